The van der Waals surface area contributed by atoms with Gasteiger partial charge in [-0.3, -0.25) is 9.78 Å². The molecule has 6 nitrogen and oxygen atoms in total. The summed E-state index contributed by atoms with van der Waals surface area (Å²) in [5.41, 5.74) is 5.44. The van der Waals surface area contributed by atoms with Crippen LogP contribution < -0.4 is 0 Å². The van der Waals surface area contributed by atoms with E-state index in [2.05, 4.69) is 26.2 Å². The van der Waals surface area contributed by atoms with Gasteiger partial charge in [-0.15, -0.1) is 0 Å². The number of nitrogens with one attached hydrogen (secondary N) is 1. The molecule has 1 N–H and O–H groups in total. The smallest absolute Gasteiger partial charge is 0.0987 e. The lowest BCUT2D eigenvalue weighted by Gasteiger charge is -2.33. The van der Waals surface area contributed by atoms with Gasteiger partial charge in [0.2, 0.25) is 0 Å². The van der Waals surface area contributed by atoms with Gasteiger partial charge in [0, 0.05) is 55.1 Å². The first-order valence-corrected chi connectivity index (χ1v) is 10.2. The number of H-pyrrole nitrogens is 1. The van der Waals surface area contributed by atoms with Crippen LogP contribution in [-0.4, -0.2) is 69.0 Å². The van der Waals surface area contributed by atoms with Crippen molar-refractivity contribution < 1.29 is 0 Å². The number of nitrogens with zero attached hydrogens (tertiary/aromatic N) is 5. The van der Waals surface area contributed by atoms with Gasteiger partial charge >= 0.3 is 0 Å². The fraction of sp³-hybridized carbons (Fsp3) is 0.700. The number of aryl methyl sites for hydroxylation is 1. The molecule has 2 aromatic heterocycles. The molecule has 0 amide bonds. The maximum Gasteiger partial charge on any atom is 0.0987 e. The average Bonchev–Trinajstić information content (AvgIpc) is 3.40. The van der Waals surface area contributed by atoms with Crippen LogP contribution in [0.1, 0.15) is 43.4 Å². The highest BCUT2D eigenvalue weighted by Crippen LogP contribution is 2.45. The van der Waals surface area contributed by atoms with Crippen molar-refractivity contribution in [3.05, 3.63) is 23.7 Å². The molecule has 4 heterocycles. The van der Waals surface area contributed by atoms with Crippen molar-refractivity contribution in [2.45, 2.75) is 43.9 Å². The Morgan fingerprint density at radius 2 is 1.92 bits per heavy atom. The Bertz CT molecular complexity index is 771. The summed E-state index contributed by atoms with van der Waals surface area (Å²) in [4.78, 5) is 5.33. The molecule has 1 atom stereocenters. The van der Waals surface area contributed by atoms with Crippen LogP contribution >= 0.6 is 0 Å². The zero-order valence-corrected chi connectivity index (χ0v) is 15.9. The minimum absolute atomic E-state index is 0.298. The third-order valence-corrected chi connectivity index (χ3v) is 6.82. The summed E-state index contributed by atoms with van der Waals surface area (Å²) in [7, 11) is 1.97. The summed E-state index contributed by atoms with van der Waals surface area (Å²) in [5, 5.41) is 12.5. The van der Waals surface area contributed by atoms with Crippen molar-refractivity contribution in [3.63, 3.8) is 0 Å². The first kappa shape index (κ1) is 16.5. The van der Waals surface area contributed by atoms with Crippen LogP contribution in [0.25, 0.3) is 11.3 Å². The minimum atomic E-state index is 0.298. The average molecular weight is 355 g/mol. The fourth-order valence-corrected chi connectivity index (χ4v) is 5.40. The predicted octanol–water partition coefficient (Wildman–Crippen LogP) is 2.19. The monoisotopic (exact) mass is 354 g/mol. The Balaban J connectivity index is 1.34. The Hall–Kier alpha value is -1.66. The van der Waals surface area contributed by atoms with Crippen molar-refractivity contribution in [1.82, 2.24) is 29.8 Å². The van der Waals surface area contributed by atoms with E-state index in [0.29, 0.717) is 5.41 Å². The number of likely N-dealkylation sites (tertiary alicyclic amines) is 2. The molecule has 1 aliphatic carbocycles. The lowest BCUT2D eigenvalue weighted by Crippen LogP contribution is -2.37. The summed E-state index contributed by atoms with van der Waals surface area (Å²) in [6, 6.07) is 0. The van der Waals surface area contributed by atoms with E-state index in [1.807, 2.05) is 17.9 Å². The SMILES string of the molecule is Cn1cc(-c2n[nH]c3c2CCC[C@@]32CCN(CCN3CCCC3)C2)cn1. The van der Waals surface area contributed by atoms with E-state index in [4.69, 9.17) is 5.10 Å². The second kappa shape index (κ2) is 6.50. The first-order valence-electron chi connectivity index (χ1n) is 10.2. The molecule has 0 aromatic carbocycles. The quantitative estimate of drug-likeness (QED) is 0.914. The first-order chi connectivity index (χ1) is 12.7. The summed E-state index contributed by atoms with van der Waals surface area (Å²) in [6.45, 7) is 7.50. The molecule has 6 heteroatoms. The molecule has 1 spiro atoms. The van der Waals surface area contributed by atoms with Gasteiger partial charge in [0.15, 0.2) is 0 Å². The van der Waals surface area contributed by atoms with Gasteiger partial charge in [-0.25, -0.2) is 0 Å². The second-order valence-corrected chi connectivity index (χ2v) is 8.54. The van der Waals surface area contributed by atoms with Crippen LogP contribution in [0.3, 0.4) is 0 Å². The molecule has 0 saturated carbocycles. The maximum absolute atomic E-state index is 4.73. The van der Waals surface area contributed by atoms with Gasteiger partial charge in [-0.1, -0.05) is 0 Å². The molecule has 3 aliphatic rings. The van der Waals surface area contributed by atoms with Gasteiger partial charge in [0.25, 0.3) is 0 Å². The second-order valence-electron chi connectivity index (χ2n) is 8.54. The van der Waals surface area contributed by atoms with E-state index in [1.54, 1.807) is 0 Å². The molecule has 0 bridgehead atoms. The van der Waals surface area contributed by atoms with Gasteiger partial charge in [-0.05, 0) is 58.2 Å². The zero-order valence-electron chi connectivity index (χ0n) is 15.9. The van der Waals surface area contributed by atoms with Crippen molar-refractivity contribution in [3.8, 4) is 11.3 Å². The highest BCUT2D eigenvalue weighted by Gasteiger charge is 2.44. The third kappa shape index (κ3) is 2.79. The van der Waals surface area contributed by atoms with E-state index in [-0.39, 0.29) is 0 Å². The summed E-state index contributed by atoms with van der Waals surface area (Å²) in [6.07, 6.45) is 11.8. The molecule has 2 fully saturated rings. The third-order valence-electron chi connectivity index (χ3n) is 6.82. The Morgan fingerprint density at radius 1 is 1.08 bits per heavy atom. The maximum atomic E-state index is 4.73. The Labute approximate surface area is 155 Å². The molecule has 0 radical (unpaired) electrons. The number of aromatic amines is 1. The molecule has 140 valence electrons. The lowest BCUT2D eigenvalue weighted by molar-refractivity contribution is 0.240. The minimum Gasteiger partial charge on any atom is -0.302 e. The number of hydrogen-bond acceptors (Lipinski definition) is 4. The zero-order chi connectivity index (χ0) is 17.6. The summed E-state index contributed by atoms with van der Waals surface area (Å²) in [5.74, 6) is 0. The van der Waals surface area contributed by atoms with Crippen molar-refractivity contribution >= 4 is 0 Å². The molecule has 0 unspecified atom stereocenters. The standard InChI is InChI=1S/C20H30N6/c1-24-14-16(13-21-24)18-17-5-4-6-20(19(17)23-22-18)7-10-26(15-20)12-11-25-8-2-3-9-25/h13-14H,2-12,15H2,1H3,(H,22,23)/t20-/m0/s1. The van der Waals surface area contributed by atoms with Crippen molar-refractivity contribution in [1.29, 1.82) is 0 Å². The van der Waals surface area contributed by atoms with Gasteiger partial charge in [0.1, 0.15) is 0 Å². The fourth-order valence-electron chi connectivity index (χ4n) is 5.40. The predicted molar refractivity (Wildman–Crippen MR) is 102 cm³/mol. The van der Waals surface area contributed by atoms with Crippen LogP contribution in [-0.2, 0) is 18.9 Å². The van der Waals surface area contributed by atoms with Gasteiger partial charge in [-0.2, -0.15) is 10.2 Å². The largest absolute Gasteiger partial charge is 0.302 e. The molecular formula is C20H30N6. The van der Waals surface area contributed by atoms with Crippen LogP contribution in [0.15, 0.2) is 12.4 Å². The summed E-state index contributed by atoms with van der Waals surface area (Å²) < 4.78 is 1.87. The van der Waals surface area contributed by atoms with E-state index in [1.165, 1.54) is 82.6 Å². The lowest BCUT2D eigenvalue weighted by atomic mass is 9.72. The van der Waals surface area contributed by atoms with Gasteiger partial charge in [0.05, 0.1) is 11.9 Å². The van der Waals surface area contributed by atoms with Crippen LogP contribution in [0, 0.1) is 0 Å². The number of aromatic nitrogens is 4. The van der Waals surface area contributed by atoms with Crippen LogP contribution in [0.4, 0.5) is 0 Å². The number of rotatable bonds is 4. The highest BCUT2D eigenvalue weighted by atomic mass is 15.2. The molecule has 2 aliphatic heterocycles. The van der Waals surface area contributed by atoms with E-state index in [0.717, 1.165) is 17.7 Å². The van der Waals surface area contributed by atoms with E-state index in [9.17, 15) is 0 Å². The Kier molecular flexibility index (Phi) is 4.13. The highest BCUT2D eigenvalue weighted by molar-refractivity contribution is 5.63. The normalized spacial score (nSPS) is 26.8. The molecule has 2 aromatic rings. The number of hydrogen-bond donors (Lipinski definition) is 1. The van der Waals surface area contributed by atoms with Crippen molar-refractivity contribution in [2.75, 3.05) is 39.3 Å². The summed E-state index contributed by atoms with van der Waals surface area (Å²) >= 11 is 0. The molecule has 26 heavy (non-hydrogen) atoms. The molecule has 2 saturated heterocycles. The van der Waals surface area contributed by atoms with Gasteiger partial charge < -0.3 is 9.80 Å². The topological polar surface area (TPSA) is 53.0 Å². The number of fused-ring (bicyclic) bond motifs is 2. The molecule has 5 rings (SSSR count). The van der Waals surface area contributed by atoms with Crippen LogP contribution in [0.5, 0.6) is 0 Å². The molecular weight excluding hydrogens is 324 g/mol. The van der Waals surface area contributed by atoms with E-state index >= 15 is 0 Å². The van der Waals surface area contributed by atoms with Crippen LogP contribution in [0.2, 0.25) is 0 Å². The van der Waals surface area contributed by atoms with Crippen molar-refractivity contribution in [2.24, 2.45) is 7.05 Å². The van der Waals surface area contributed by atoms with E-state index < -0.39 is 0 Å². The Morgan fingerprint density at radius 3 is 2.73 bits per heavy atom.